The van der Waals surface area contributed by atoms with Gasteiger partial charge in [-0.15, -0.1) is 0 Å². The SMILES string of the molecule is COCCn1ccnc1Nc1ccc2c(c1)CCC2. The molecule has 1 heterocycles. The number of fused-ring (bicyclic) bond motifs is 1. The molecule has 3 rings (SSSR count). The summed E-state index contributed by atoms with van der Waals surface area (Å²) in [4.78, 5) is 4.35. The number of hydrogen-bond acceptors (Lipinski definition) is 3. The average molecular weight is 257 g/mol. The lowest BCUT2D eigenvalue weighted by Crippen LogP contribution is -2.07. The lowest BCUT2D eigenvalue weighted by Gasteiger charge is -2.10. The summed E-state index contributed by atoms with van der Waals surface area (Å²) in [6.45, 7) is 1.50. The Balaban J connectivity index is 1.76. The molecule has 1 aliphatic rings. The monoisotopic (exact) mass is 257 g/mol. The van der Waals surface area contributed by atoms with Gasteiger partial charge in [-0.25, -0.2) is 4.98 Å². The first-order chi connectivity index (χ1) is 9.36. The normalized spacial score (nSPS) is 13.5. The molecule has 4 heteroatoms. The molecule has 0 radical (unpaired) electrons. The lowest BCUT2D eigenvalue weighted by atomic mass is 10.1. The second kappa shape index (κ2) is 5.45. The van der Waals surface area contributed by atoms with Gasteiger partial charge >= 0.3 is 0 Å². The zero-order valence-electron chi connectivity index (χ0n) is 11.2. The van der Waals surface area contributed by atoms with E-state index in [0.29, 0.717) is 6.61 Å². The Morgan fingerprint density at radius 2 is 2.21 bits per heavy atom. The second-order valence-corrected chi connectivity index (χ2v) is 4.90. The number of aromatic nitrogens is 2. The summed E-state index contributed by atoms with van der Waals surface area (Å²) in [7, 11) is 1.71. The van der Waals surface area contributed by atoms with Gasteiger partial charge in [-0.3, -0.25) is 0 Å². The molecule has 0 atom stereocenters. The first-order valence-corrected chi connectivity index (χ1v) is 6.76. The minimum atomic E-state index is 0.690. The van der Waals surface area contributed by atoms with E-state index in [9.17, 15) is 0 Å². The van der Waals surface area contributed by atoms with Crippen molar-refractivity contribution in [2.75, 3.05) is 19.0 Å². The molecular formula is C15H19N3O. The highest BCUT2D eigenvalue weighted by Gasteiger charge is 2.11. The molecule has 1 aromatic heterocycles. The Hall–Kier alpha value is -1.81. The van der Waals surface area contributed by atoms with Crippen molar-refractivity contribution in [3.05, 3.63) is 41.7 Å². The highest BCUT2D eigenvalue weighted by atomic mass is 16.5. The van der Waals surface area contributed by atoms with Gasteiger partial charge in [-0.05, 0) is 42.5 Å². The molecule has 2 aromatic rings. The highest BCUT2D eigenvalue weighted by Crippen LogP contribution is 2.26. The van der Waals surface area contributed by atoms with Crippen LogP contribution in [0.5, 0.6) is 0 Å². The smallest absolute Gasteiger partial charge is 0.207 e. The van der Waals surface area contributed by atoms with Gasteiger partial charge in [0.2, 0.25) is 5.95 Å². The van der Waals surface area contributed by atoms with Crippen molar-refractivity contribution in [1.29, 1.82) is 0 Å². The lowest BCUT2D eigenvalue weighted by molar-refractivity contribution is 0.188. The molecule has 0 bridgehead atoms. The van der Waals surface area contributed by atoms with E-state index >= 15 is 0 Å². The zero-order valence-corrected chi connectivity index (χ0v) is 11.2. The average Bonchev–Trinajstić information content (AvgIpc) is 3.05. The van der Waals surface area contributed by atoms with Crippen LogP contribution < -0.4 is 5.32 Å². The van der Waals surface area contributed by atoms with E-state index in [4.69, 9.17) is 4.74 Å². The summed E-state index contributed by atoms with van der Waals surface area (Å²) in [6, 6.07) is 6.62. The molecule has 0 spiro atoms. The summed E-state index contributed by atoms with van der Waals surface area (Å²) < 4.78 is 7.17. The van der Waals surface area contributed by atoms with Crippen molar-refractivity contribution >= 4 is 11.6 Å². The zero-order chi connectivity index (χ0) is 13.1. The molecule has 1 aromatic carbocycles. The van der Waals surface area contributed by atoms with Gasteiger partial charge in [0.05, 0.1) is 6.61 Å². The van der Waals surface area contributed by atoms with E-state index in [2.05, 4.69) is 33.1 Å². The molecule has 1 N–H and O–H groups in total. The number of benzene rings is 1. The molecule has 4 nitrogen and oxygen atoms in total. The van der Waals surface area contributed by atoms with Crippen molar-refractivity contribution in [2.24, 2.45) is 0 Å². The number of anilines is 2. The van der Waals surface area contributed by atoms with Gasteiger partial charge in [0.15, 0.2) is 0 Å². The molecule has 0 saturated carbocycles. The maximum Gasteiger partial charge on any atom is 0.207 e. The first-order valence-electron chi connectivity index (χ1n) is 6.76. The molecule has 1 aliphatic carbocycles. The standard InChI is InChI=1S/C15H19N3O/c1-19-10-9-18-8-7-16-15(18)17-14-6-5-12-3-2-4-13(12)11-14/h5-8,11H,2-4,9-10H2,1H3,(H,16,17). The van der Waals surface area contributed by atoms with Gasteiger partial charge in [0, 0.05) is 31.7 Å². The topological polar surface area (TPSA) is 39.1 Å². The second-order valence-electron chi connectivity index (χ2n) is 4.90. The van der Waals surface area contributed by atoms with Crippen LogP contribution in [-0.4, -0.2) is 23.3 Å². The van der Waals surface area contributed by atoms with Crippen LogP contribution >= 0.6 is 0 Å². The van der Waals surface area contributed by atoms with E-state index < -0.39 is 0 Å². The van der Waals surface area contributed by atoms with Gasteiger partial charge in [-0.1, -0.05) is 6.07 Å². The van der Waals surface area contributed by atoms with E-state index in [1.54, 1.807) is 7.11 Å². The Morgan fingerprint density at radius 3 is 3.11 bits per heavy atom. The summed E-state index contributed by atoms with van der Waals surface area (Å²) >= 11 is 0. The number of hydrogen-bond donors (Lipinski definition) is 1. The molecule has 19 heavy (non-hydrogen) atoms. The predicted octanol–water partition coefficient (Wildman–Crippen LogP) is 2.76. The number of imidazole rings is 1. The van der Waals surface area contributed by atoms with Crippen LogP contribution in [0, 0.1) is 0 Å². The van der Waals surface area contributed by atoms with Crippen LogP contribution in [-0.2, 0) is 24.1 Å². The molecule has 0 unspecified atom stereocenters. The number of methoxy groups -OCH3 is 1. The fourth-order valence-corrected chi connectivity index (χ4v) is 2.58. The summed E-state index contributed by atoms with van der Waals surface area (Å²) in [5, 5.41) is 3.39. The molecule has 0 fully saturated rings. The fraction of sp³-hybridized carbons (Fsp3) is 0.400. The van der Waals surface area contributed by atoms with Crippen LogP contribution in [0.3, 0.4) is 0 Å². The third-order valence-corrected chi connectivity index (χ3v) is 3.61. The summed E-state index contributed by atoms with van der Waals surface area (Å²) in [6.07, 6.45) is 7.47. The van der Waals surface area contributed by atoms with Gasteiger partial charge in [0.1, 0.15) is 0 Å². The summed E-state index contributed by atoms with van der Waals surface area (Å²) in [5.41, 5.74) is 4.08. The minimum Gasteiger partial charge on any atom is -0.383 e. The Morgan fingerprint density at radius 1 is 1.32 bits per heavy atom. The number of rotatable bonds is 5. The first kappa shape index (κ1) is 12.2. The van der Waals surface area contributed by atoms with Crippen molar-refractivity contribution in [2.45, 2.75) is 25.8 Å². The van der Waals surface area contributed by atoms with Crippen LogP contribution in [0.4, 0.5) is 11.6 Å². The molecule has 0 amide bonds. The summed E-state index contributed by atoms with van der Waals surface area (Å²) in [5.74, 6) is 0.870. The van der Waals surface area contributed by atoms with Crippen LogP contribution in [0.15, 0.2) is 30.6 Å². The van der Waals surface area contributed by atoms with E-state index in [1.807, 2.05) is 12.4 Å². The number of nitrogens with one attached hydrogen (secondary N) is 1. The van der Waals surface area contributed by atoms with Gasteiger partial charge in [-0.2, -0.15) is 0 Å². The molecule has 0 aliphatic heterocycles. The van der Waals surface area contributed by atoms with Crippen molar-refractivity contribution in [1.82, 2.24) is 9.55 Å². The number of ether oxygens (including phenoxy) is 1. The molecular weight excluding hydrogens is 238 g/mol. The van der Waals surface area contributed by atoms with Crippen molar-refractivity contribution in [3.63, 3.8) is 0 Å². The van der Waals surface area contributed by atoms with Crippen LogP contribution in [0.2, 0.25) is 0 Å². The number of aryl methyl sites for hydroxylation is 2. The van der Waals surface area contributed by atoms with Gasteiger partial charge < -0.3 is 14.6 Å². The number of nitrogens with zero attached hydrogens (tertiary/aromatic N) is 2. The van der Waals surface area contributed by atoms with E-state index in [-0.39, 0.29) is 0 Å². The third kappa shape index (κ3) is 2.63. The minimum absolute atomic E-state index is 0.690. The van der Waals surface area contributed by atoms with E-state index in [0.717, 1.165) is 18.2 Å². The maximum absolute atomic E-state index is 5.10. The van der Waals surface area contributed by atoms with Crippen molar-refractivity contribution < 1.29 is 4.74 Å². The Kier molecular flexibility index (Phi) is 3.51. The Bertz CT molecular complexity index is 562. The van der Waals surface area contributed by atoms with Crippen LogP contribution in [0.1, 0.15) is 17.5 Å². The predicted molar refractivity (Wildman–Crippen MR) is 75.9 cm³/mol. The fourth-order valence-electron chi connectivity index (χ4n) is 2.58. The van der Waals surface area contributed by atoms with Gasteiger partial charge in [0.25, 0.3) is 0 Å². The molecule has 100 valence electrons. The van der Waals surface area contributed by atoms with Crippen molar-refractivity contribution in [3.8, 4) is 0 Å². The largest absolute Gasteiger partial charge is 0.383 e. The van der Waals surface area contributed by atoms with E-state index in [1.165, 1.54) is 30.4 Å². The maximum atomic E-state index is 5.10. The highest BCUT2D eigenvalue weighted by molar-refractivity contribution is 5.57. The molecule has 0 saturated heterocycles. The van der Waals surface area contributed by atoms with Crippen LogP contribution in [0.25, 0.3) is 0 Å². The third-order valence-electron chi connectivity index (χ3n) is 3.61. The quantitative estimate of drug-likeness (QED) is 0.895. The Labute approximate surface area is 113 Å².